The van der Waals surface area contributed by atoms with Crippen molar-refractivity contribution in [1.82, 2.24) is 5.32 Å². The number of hydrogen-bond acceptors (Lipinski definition) is 5. The molecule has 0 radical (unpaired) electrons. The molecular weight excluding hydrogens is 338 g/mol. The van der Waals surface area contributed by atoms with Crippen molar-refractivity contribution in [2.45, 2.75) is 18.4 Å². The Hall–Kier alpha value is -2.47. The maximum atomic E-state index is 12.2. The molecule has 25 heavy (non-hydrogen) atoms. The average molecular weight is 359 g/mol. The number of rotatable bonds is 7. The van der Waals surface area contributed by atoms with Crippen molar-refractivity contribution in [1.29, 1.82) is 0 Å². The third kappa shape index (κ3) is 5.53. The first-order valence-electron chi connectivity index (χ1n) is 7.75. The van der Waals surface area contributed by atoms with Crippen LogP contribution in [0.3, 0.4) is 0 Å². The Morgan fingerprint density at radius 3 is 2.48 bits per heavy atom. The number of thioether (sulfide) groups is 1. The van der Waals surface area contributed by atoms with Crippen molar-refractivity contribution >= 4 is 23.6 Å². The van der Waals surface area contributed by atoms with E-state index in [0.29, 0.717) is 17.9 Å². The molecule has 0 aliphatic heterocycles. The van der Waals surface area contributed by atoms with Gasteiger partial charge in [0.05, 0.1) is 7.11 Å². The first kappa shape index (κ1) is 18.9. The summed E-state index contributed by atoms with van der Waals surface area (Å²) in [5.74, 6) is -0.513. The molecule has 0 aliphatic carbocycles. The number of esters is 1. The number of nitrogens with one attached hydrogen (secondary N) is 1. The summed E-state index contributed by atoms with van der Waals surface area (Å²) in [5, 5.41) is 2.72. The van der Waals surface area contributed by atoms with E-state index in [1.165, 1.54) is 7.11 Å². The van der Waals surface area contributed by atoms with Crippen LogP contribution in [-0.4, -0.2) is 31.8 Å². The molecule has 2 rings (SSSR count). The molecule has 0 aromatic heterocycles. The molecule has 0 unspecified atom stereocenters. The van der Waals surface area contributed by atoms with Gasteiger partial charge in [0.25, 0.3) is 5.91 Å². The summed E-state index contributed by atoms with van der Waals surface area (Å²) in [6.45, 7) is 2.06. The van der Waals surface area contributed by atoms with E-state index in [2.05, 4.69) is 5.32 Å². The van der Waals surface area contributed by atoms with Crippen molar-refractivity contribution in [2.75, 3.05) is 20.0 Å². The summed E-state index contributed by atoms with van der Waals surface area (Å²) in [6, 6.07) is 13.1. The first-order chi connectivity index (χ1) is 12.0. The normalized spacial score (nSPS) is 10.2. The van der Waals surface area contributed by atoms with Crippen LogP contribution in [0.4, 0.5) is 0 Å². The Morgan fingerprint density at radius 2 is 1.84 bits per heavy atom. The number of amides is 1. The summed E-state index contributed by atoms with van der Waals surface area (Å²) in [6.07, 6.45) is 1.94. The Labute approximate surface area is 151 Å². The van der Waals surface area contributed by atoms with Gasteiger partial charge in [-0.2, -0.15) is 0 Å². The number of carbonyl (C=O) groups excluding carboxylic acids is 2. The second-order valence-electron chi connectivity index (χ2n) is 5.40. The van der Waals surface area contributed by atoms with E-state index in [1.54, 1.807) is 30.0 Å². The van der Waals surface area contributed by atoms with Crippen LogP contribution in [0.5, 0.6) is 5.75 Å². The van der Waals surface area contributed by atoms with Gasteiger partial charge in [-0.1, -0.05) is 29.8 Å². The Morgan fingerprint density at radius 1 is 1.12 bits per heavy atom. The minimum absolute atomic E-state index is 0.298. The lowest BCUT2D eigenvalue weighted by atomic mass is 10.1. The predicted molar refractivity (Wildman–Crippen MR) is 98.1 cm³/mol. The lowest BCUT2D eigenvalue weighted by Gasteiger charge is -2.10. The highest BCUT2D eigenvalue weighted by atomic mass is 32.2. The largest absolute Gasteiger partial charge is 0.496 e. The smallest absolute Gasteiger partial charge is 0.342 e. The summed E-state index contributed by atoms with van der Waals surface area (Å²) in [7, 11) is 1.49. The molecule has 0 fully saturated rings. The molecule has 0 atom stereocenters. The van der Waals surface area contributed by atoms with Crippen LogP contribution in [0.2, 0.25) is 0 Å². The topological polar surface area (TPSA) is 64.6 Å². The minimum Gasteiger partial charge on any atom is -0.496 e. The molecule has 0 bridgehead atoms. The van der Waals surface area contributed by atoms with Crippen LogP contribution in [0, 0.1) is 6.92 Å². The van der Waals surface area contributed by atoms with Gasteiger partial charge < -0.3 is 14.8 Å². The van der Waals surface area contributed by atoms with E-state index >= 15 is 0 Å². The molecular formula is C19H21NO4S. The average Bonchev–Trinajstić information content (AvgIpc) is 2.65. The fraction of sp³-hybridized carbons (Fsp3) is 0.263. The third-order valence-electron chi connectivity index (χ3n) is 3.57. The lowest BCUT2D eigenvalue weighted by Crippen LogP contribution is -2.28. The van der Waals surface area contributed by atoms with Crippen molar-refractivity contribution in [2.24, 2.45) is 0 Å². The van der Waals surface area contributed by atoms with E-state index in [4.69, 9.17) is 9.47 Å². The van der Waals surface area contributed by atoms with Crippen molar-refractivity contribution in [3.05, 3.63) is 59.2 Å². The maximum Gasteiger partial charge on any atom is 0.342 e. The zero-order chi connectivity index (χ0) is 18.2. The quantitative estimate of drug-likeness (QED) is 0.607. The van der Waals surface area contributed by atoms with Crippen LogP contribution in [0.15, 0.2) is 47.4 Å². The summed E-state index contributed by atoms with van der Waals surface area (Å²) in [5.41, 5.74) is 2.44. The van der Waals surface area contributed by atoms with Gasteiger partial charge in [0.1, 0.15) is 11.3 Å². The van der Waals surface area contributed by atoms with Gasteiger partial charge in [-0.25, -0.2) is 4.79 Å². The number of hydrogen-bond donors (Lipinski definition) is 1. The molecule has 132 valence electrons. The number of benzene rings is 2. The maximum absolute atomic E-state index is 12.2. The molecule has 6 heteroatoms. The Balaban J connectivity index is 1.86. The van der Waals surface area contributed by atoms with Gasteiger partial charge in [-0.15, -0.1) is 11.8 Å². The Kier molecular flexibility index (Phi) is 6.89. The molecule has 2 aromatic carbocycles. The second kappa shape index (κ2) is 9.13. The van der Waals surface area contributed by atoms with E-state index < -0.39 is 5.97 Å². The van der Waals surface area contributed by atoms with Gasteiger partial charge >= 0.3 is 5.97 Å². The van der Waals surface area contributed by atoms with Gasteiger partial charge in [0.2, 0.25) is 0 Å². The van der Waals surface area contributed by atoms with Crippen LogP contribution in [0.25, 0.3) is 0 Å². The fourth-order valence-corrected chi connectivity index (χ4v) is 2.56. The fourth-order valence-electron chi connectivity index (χ4n) is 2.13. The zero-order valence-corrected chi connectivity index (χ0v) is 15.3. The van der Waals surface area contributed by atoms with Crippen LogP contribution in [0.1, 0.15) is 21.5 Å². The molecule has 1 amide bonds. The molecule has 2 aromatic rings. The molecule has 0 aliphatic rings. The highest BCUT2D eigenvalue weighted by Gasteiger charge is 2.15. The third-order valence-corrected chi connectivity index (χ3v) is 4.30. The molecule has 1 N–H and O–H groups in total. The zero-order valence-electron chi connectivity index (χ0n) is 14.5. The monoisotopic (exact) mass is 359 g/mol. The van der Waals surface area contributed by atoms with E-state index in [9.17, 15) is 9.59 Å². The molecule has 0 saturated heterocycles. The van der Waals surface area contributed by atoms with Crippen molar-refractivity contribution in [3.8, 4) is 5.75 Å². The number of carbonyl (C=O) groups is 2. The number of aryl methyl sites for hydroxylation is 1. The van der Waals surface area contributed by atoms with Gasteiger partial charge in [-0.05, 0) is 36.9 Å². The second-order valence-corrected chi connectivity index (χ2v) is 6.28. The molecule has 5 nitrogen and oxygen atoms in total. The highest BCUT2D eigenvalue weighted by Crippen LogP contribution is 2.25. The summed E-state index contributed by atoms with van der Waals surface area (Å²) < 4.78 is 10.3. The standard InChI is InChI=1S/C19H21NO4S/c1-13-4-6-14(7-5-13)11-20-18(21)12-24-19(22)16-9-8-15(25-3)10-17(16)23-2/h4-10H,11-12H2,1-3H3,(H,20,21). The number of ether oxygens (including phenoxy) is 2. The van der Waals surface area contributed by atoms with E-state index in [0.717, 1.165) is 16.0 Å². The van der Waals surface area contributed by atoms with Gasteiger partial charge in [0, 0.05) is 11.4 Å². The van der Waals surface area contributed by atoms with Crippen molar-refractivity contribution in [3.63, 3.8) is 0 Å². The van der Waals surface area contributed by atoms with Gasteiger partial charge in [-0.3, -0.25) is 4.79 Å². The van der Waals surface area contributed by atoms with Crippen molar-refractivity contribution < 1.29 is 19.1 Å². The molecule has 0 heterocycles. The molecule has 0 saturated carbocycles. The van der Waals surface area contributed by atoms with Crippen LogP contribution in [-0.2, 0) is 16.1 Å². The minimum atomic E-state index is -0.588. The lowest BCUT2D eigenvalue weighted by molar-refractivity contribution is -0.124. The predicted octanol–water partition coefficient (Wildman–Crippen LogP) is 3.20. The SMILES string of the molecule is COc1cc(SC)ccc1C(=O)OCC(=O)NCc1ccc(C)cc1. The van der Waals surface area contributed by atoms with Crippen LogP contribution >= 0.6 is 11.8 Å². The van der Waals surface area contributed by atoms with Crippen LogP contribution < -0.4 is 10.1 Å². The summed E-state index contributed by atoms with van der Waals surface area (Å²) in [4.78, 5) is 25.0. The Bertz CT molecular complexity index is 744. The highest BCUT2D eigenvalue weighted by molar-refractivity contribution is 7.98. The first-order valence-corrected chi connectivity index (χ1v) is 8.97. The van der Waals surface area contributed by atoms with E-state index in [1.807, 2.05) is 37.4 Å². The molecule has 0 spiro atoms. The number of methoxy groups -OCH3 is 1. The van der Waals surface area contributed by atoms with Gasteiger partial charge in [0.15, 0.2) is 6.61 Å². The summed E-state index contributed by atoms with van der Waals surface area (Å²) >= 11 is 1.55. The van der Waals surface area contributed by atoms with E-state index in [-0.39, 0.29) is 12.5 Å².